The van der Waals surface area contributed by atoms with Gasteiger partial charge < -0.3 is 14.7 Å². The lowest BCUT2D eigenvalue weighted by Gasteiger charge is -2.36. The van der Waals surface area contributed by atoms with E-state index in [9.17, 15) is 9.59 Å². The van der Waals surface area contributed by atoms with E-state index < -0.39 is 0 Å². The van der Waals surface area contributed by atoms with Crippen molar-refractivity contribution < 1.29 is 9.59 Å². The Bertz CT molecular complexity index is 873. The minimum atomic E-state index is 0.101. The van der Waals surface area contributed by atoms with Gasteiger partial charge in [-0.25, -0.2) is 0 Å². The molecule has 8 nitrogen and oxygen atoms in total. The van der Waals surface area contributed by atoms with Gasteiger partial charge in [-0.15, -0.1) is 0 Å². The standard InChI is InChI=1S/C21H28N6O2/c1-16-12-19(25-10-8-24(9-11-25)17(2)28)13-20(23-16)18-4-7-26(14-18)21(29)15-27-6-3-5-22-27/h3,5-6,12-13,18H,4,7-11,14-15H2,1-2H3/t18-/m0/s1. The number of nitrogens with zero attached hydrogens (tertiary/aromatic N) is 6. The largest absolute Gasteiger partial charge is 0.368 e. The maximum atomic E-state index is 12.6. The molecular weight excluding hydrogens is 368 g/mol. The van der Waals surface area contributed by atoms with Gasteiger partial charge in [0.15, 0.2) is 0 Å². The Morgan fingerprint density at radius 3 is 2.59 bits per heavy atom. The molecule has 1 atom stereocenters. The van der Waals surface area contributed by atoms with Crippen LogP contribution in [0, 0.1) is 6.92 Å². The molecule has 2 aromatic heterocycles. The molecule has 2 saturated heterocycles. The fraction of sp³-hybridized carbons (Fsp3) is 0.524. The zero-order valence-electron chi connectivity index (χ0n) is 17.1. The highest BCUT2D eigenvalue weighted by Gasteiger charge is 2.29. The van der Waals surface area contributed by atoms with Crippen molar-refractivity contribution in [2.24, 2.45) is 0 Å². The summed E-state index contributed by atoms with van der Waals surface area (Å²) in [6, 6.07) is 6.11. The fourth-order valence-corrected chi connectivity index (χ4v) is 4.21. The van der Waals surface area contributed by atoms with E-state index in [0.29, 0.717) is 6.54 Å². The van der Waals surface area contributed by atoms with Gasteiger partial charge in [0, 0.05) is 81.6 Å². The van der Waals surface area contributed by atoms with Gasteiger partial charge in [-0.2, -0.15) is 5.10 Å². The second kappa shape index (κ2) is 8.23. The summed E-state index contributed by atoms with van der Waals surface area (Å²) in [5.41, 5.74) is 3.22. The first-order chi connectivity index (χ1) is 14.0. The third kappa shape index (κ3) is 4.41. The number of piperazine rings is 1. The molecule has 8 heteroatoms. The number of hydrogen-bond donors (Lipinski definition) is 0. The van der Waals surface area contributed by atoms with Crippen LogP contribution in [0.25, 0.3) is 0 Å². The van der Waals surface area contributed by atoms with E-state index in [1.807, 2.05) is 29.0 Å². The number of carbonyl (C=O) groups is 2. The van der Waals surface area contributed by atoms with Gasteiger partial charge in [0.05, 0.1) is 0 Å². The Hall–Kier alpha value is -2.90. The van der Waals surface area contributed by atoms with Crippen LogP contribution in [0.15, 0.2) is 30.6 Å². The van der Waals surface area contributed by atoms with Crippen LogP contribution in [-0.2, 0) is 16.1 Å². The van der Waals surface area contributed by atoms with E-state index in [2.05, 4.69) is 22.1 Å². The van der Waals surface area contributed by atoms with Crippen molar-refractivity contribution >= 4 is 17.5 Å². The number of anilines is 1. The summed E-state index contributed by atoms with van der Waals surface area (Å²) in [6.45, 7) is 8.58. The molecule has 4 heterocycles. The molecule has 0 N–H and O–H groups in total. The Labute approximate surface area is 171 Å². The van der Waals surface area contributed by atoms with Crippen molar-refractivity contribution in [3.05, 3.63) is 42.0 Å². The number of aryl methyl sites for hydroxylation is 1. The zero-order valence-corrected chi connectivity index (χ0v) is 17.1. The number of hydrogen-bond acceptors (Lipinski definition) is 5. The first-order valence-corrected chi connectivity index (χ1v) is 10.2. The highest BCUT2D eigenvalue weighted by molar-refractivity contribution is 5.76. The number of likely N-dealkylation sites (tertiary alicyclic amines) is 1. The normalized spacial score (nSPS) is 19.7. The second-order valence-corrected chi connectivity index (χ2v) is 7.91. The molecular formula is C21H28N6O2. The van der Waals surface area contributed by atoms with Gasteiger partial charge in [0.1, 0.15) is 6.54 Å². The average molecular weight is 396 g/mol. The monoisotopic (exact) mass is 396 g/mol. The van der Waals surface area contributed by atoms with Gasteiger partial charge in [-0.05, 0) is 31.5 Å². The number of rotatable bonds is 4. The molecule has 0 radical (unpaired) electrons. The van der Waals surface area contributed by atoms with Crippen LogP contribution >= 0.6 is 0 Å². The lowest BCUT2D eigenvalue weighted by Crippen LogP contribution is -2.48. The molecule has 0 aliphatic carbocycles. The number of aromatic nitrogens is 3. The third-order valence-electron chi connectivity index (χ3n) is 5.86. The molecule has 2 aromatic rings. The number of carbonyl (C=O) groups excluding carboxylic acids is 2. The summed E-state index contributed by atoms with van der Waals surface area (Å²) in [5, 5.41) is 4.12. The molecule has 2 amide bonds. The summed E-state index contributed by atoms with van der Waals surface area (Å²) in [4.78, 5) is 35.0. The summed E-state index contributed by atoms with van der Waals surface area (Å²) in [6.07, 6.45) is 4.43. The highest BCUT2D eigenvalue weighted by Crippen LogP contribution is 2.29. The molecule has 2 aliphatic rings. The smallest absolute Gasteiger partial charge is 0.244 e. The van der Waals surface area contributed by atoms with E-state index in [1.54, 1.807) is 17.8 Å². The van der Waals surface area contributed by atoms with Gasteiger partial charge in [-0.1, -0.05) is 0 Å². The van der Waals surface area contributed by atoms with Crippen LogP contribution in [0.4, 0.5) is 5.69 Å². The fourth-order valence-electron chi connectivity index (χ4n) is 4.21. The van der Waals surface area contributed by atoms with Crippen LogP contribution in [0.1, 0.15) is 30.7 Å². The highest BCUT2D eigenvalue weighted by atomic mass is 16.2. The van der Waals surface area contributed by atoms with Crippen LogP contribution in [0.5, 0.6) is 0 Å². The van der Waals surface area contributed by atoms with E-state index >= 15 is 0 Å². The summed E-state index contributed by atoms with van der Waals surface area (Å²) in [7, 11) is 0. The zero-order chi connectivity index (χ0) is 20.4. The van der Waals surface area contributed by atoms with E-state index in [-0.39, 0.29) is 24.3 Å². The summed E-state index contributed by atoms with van der Waals surface area (Å²) in [5.74, 6) is 0.500. The van der Waals surface area contributed by atoms with Gasteiger partial charge in [0.2, 0.25) is 11.8 Å². The molecule has 0 bridgehead atoms. The molecule has 0 saturated carbocycles. The molecule has 2 fully saturated rings. The molecule has 29 heavy (non-hydrogen) atoms. The summed E-state index contributed by atoms with van der Waals surface area (Å²) >= 11 is 0. The van der Waals surface area contributed by atoms with Crippen molar-refractivity contribution in [2.75, 3.05) is 44.2 Å². The summed E-state index contributed by atoms with van der Waals surface area (Å²) < 4.78 is 1.67. The number of amides is 2. The Kier molecular flexibility index (Phi) is 5.51. The first-order valence-electron chi connectivity index (χ1n) is 10.2. The maximum Gasteiger partial charge on any atom is 0.244 e. The minimum Gasteiger partial charge on any atom is -0.368 e. The topological polar surface area (TPSA) is 74.6 Å². The molecule has 4 rings (SSSR count). The Balaban J connectivity index is 1.41. The van der Waals surface area contributed by atoms with Gasteiger partial charge in [-0.3, -0.25) is 19.3 Å². The lowest BCUT2D eigenvalue weighted by atomic mass is 10.0. The molecule has 154 valence electrons. The molecule has 2 aliphatic heterocycles. The second-order valence-electron chi connectivity index (χ2n) is 7.91. The van der Waals surface area contributed by atoms with E-state index in [4.69, 9.17) is 4.98 Å². The van der Waals surface area contributed by atoms with Crippen LogP contribution in [0.2, 0.25) is 0 Å². The van der Waals surface area contributed by atoms with Crippen molar-refractivity contribution in [3.63, 3.8) is 0 Å². The molecule has 0 spiro atoms. The Morgan fingerprint density at radius 1 is 1.10 bits per heavy atom. The predicted octanol–water partition coefficient (Wildman–Crippen LogP) is 1.27. The van der Waals surface area contributed by atoms with Crippen molar-refractivity contribution in [2.45, 2.75) is 32.7 Å². The molecule has 0 aromatic carbocycles. The SMILES string of the molecule is CC(=O)N1CCN(c2cc(C)nc([C@H]3CCN(C(=O)Cn4cccn4)C3)c2)CC1. The molecule has 0 unspecified atom stereocenters. The minimum absolute atomic E-state index is 0.101. The van der Waals surface area contributed by atoms with Crippen LogP contribution < -0.4 is 4.90 Å². The van der Waals surface area contributed by atoms with E-state index in [1.165, 1.54) is 0 Å². The lowest BCUT2D eigenvalue weighted by molar-refractivity contribution is -0.131. The van der Waals surface area contributed by atoms with Crippen molar-refractivity contribution in [1.82, 2.24) is 24.6 Å². The quantitative estimate of drug-likeness (QED) is 0.778. The third-order valence-corrected chi connectivity index (χ3v) is 5.86. The van der Waals surface area contributed by atoms with E-state index in [0.717, 1.165) is 56.2 Å². The van der Waals surface area contributed by atoms with Gasteiger partial charge in [0.25, 0.3) is 0 Å². The first kappa shape index (κ1) is 19.4. The Morgan fingerprint density at radius 2 is 1.90 bits per heavy atom. The van der Waals surface area contributed by atoms with Crippen molar-refractivity contribution in [1.29, 1.82) is 0 Å². The maximum absolute atomic E-state index is 12.6. The average Bonchev–Trinajstić information content (AvgIpc) is 3.39. The number of pyridine rings is 1. The van der Waals surface area contributed by atoms with Crippen molar-refractivity contribution in [3.8, 4) is 0 Å². The van der Waals surface area contributed by atoms with Crippen LogP contribution in [0.3, 0.4) is 0 Å². The predicted molar refractivity (Wildman–Crippen MR) is 110 cm³/mol. The van der Waals surface area contributed by atoms with Crippen LogP contribution in [-0.4, -0.2) is 75.6 Å². The van der Waals surface area contributed by atoms with Gasteiger partial charge >= 0.3 is 0 Å².